The van der Waals surface area contributed by atoms with Crippen LogP contribution in [0, 0.1) is 5.92 Å². The van der Waals surface area contributed by atoms with E-state index in [1.807, 2.05) is 25.1 Å². The minimum Gasteiger partial charge on any atom is -0.345 e. The topological polar surface area (TPSA) is 89.3 Å². The highest BCUT2D eigenvalue weighted by molar-refractivity contribution is 7.90. The summed E-state index contributed by atoms with van der Waals surface area (Å²) < 4.78 is 25.1. The van der Waals surface area contributed by atoms with Crippen molar-refractivity contribution < 1.29 is 13.2 Å². The number of nitrogens with one attached hydrogen (secondary N) is 1. The molecule has 0 aromatic heterocycles. The molecule has 3 N–H and O–H groups in total. The van der Waals surface area contributed by atoms with Crippen molar-refractivity contribution in [3.8, 4) is 0 Å². The summed E-state index contributed by atoms with van der Waals surface area (Å²) in [5, 5.41) is 3.01. The molecule has 1 fully saturated rings. The first-order valence-electron chi connectivity index (χ1n) is 8.73. The van der Waals surface area contributed by atoms with E-state index in [0.717, 1.165) is 18.4 Å². The Morgan fingerprint density at radius 2 is 1.73 bits per heavy atom. The maximum Gasteiger partial charge on any atom is 0.251 e. The Labute approximate surface area is 154 Å². The van der Waals surface area contributed by atoms with Gasteiger partial charge in [0.25, 0.3) is 5.91 Å². The fourth-order valence-corrected chi connectivity index (χ4v) is 4.41. The van der Waals surface area contributed by atoms with Crippen LogP contribution in [0.4, 0.5) is 0 Å². The van der Waals surface area contributed by atoms with Crippen molar-refractivity contribution in [3.05, 3.63) is 65.7 Å². The van der Waals surface area contributed by atoms with Gasteiger partial charge in [-0.3, -0.25) is 4.79 Å². The smallest absolute Gasteiger partial charge is 0.251 e. The molecule has 3 rings (SSSR count). The highest BCUT2D eigenvalue weighted by Gasteiger charge is 2.41. The highest BCUT2D eigenvalue weighted by Crippen LogP contribution is 2.39. The fraction of sp³-hybridized carbons (Fsp3) is 0.350. The van der Waals surface area contributed by atoms with E-state index in [-0.39, 0.29) is 16.6 Å². The number of hydrogen-bond acceptors (Lipinski definition) is 4. The third-order valence-electron chi connectivity index (χ3n) is 4.98. The zero-order valence-electron chi connectivity index (χ0n) is 14.8. The van der Waals surface area contributed by atoms with E-state index in [4.69, 9.17) is 5.73 Å². The third kappa shape index (κ3) is 4.14. The summed E-state index contributed by atoms with van der Waals surface area (Å²) in [5.41, 5.74) is 6.60. The van der Waals surface area contributed by atoms with Gasteiger partial charge in [-0.15, -0.1) is 0 Å². The molecule has 1 amide bonds. The highest BCUT2D eigenvalue weighted by atomic mass is 32.2. The molecule has 0 aliphatic heterocycles. The molecular formula is C20H24N2O3S. The first-order valence-corrected chi connectivity index (χ1v) is 10.4. The normalized spacial score (nSPS) is 16.7. The lowest BCUT2D eigenvalue weighted by molar-refractivity contribution is 0.0897. The van der Waals surface area contributed by atoms with E-state index in [1.54, 1.807) is 24.3 Å². The largest absolute Gasteiger partial charge is 0.345 e. The Morgan fingerprint density at radius 3 is 2.27 bits per heavy atom. The van der Waals surface area contributed by atoms with Crippen LogP contribution in [0.15, 0.2) is 59.5 Å². The molecule has 1 aliphatic rings. The van der Waals surface area contributed by atoms with Crippen molar-refractivity contribution in [1.82, 2.24) is 5.32 Å². The molecular weight excluding hydrogens is 348 g/mol. The zero-order valence-corrected chi connectivity index (χ0v) is 15.6. The van der Waals surface area contributed by atoms with Gasteiger partial charge in [0.05, 0.1) is 16.2 Å². The third-order valence-corrected chi connectivity index (χ3v) is 6.68. The minimum absolute atomic E-state index is 0.0632. The van der Waals surface area contributed by atoms with E-state index < -0.39 is 15.4 Å². The van der Waals surface area contributed by atoms with Crippen LogP contribution in [0.1, 0.15) is 35.7 Å². The van der Waals surface area contributed by atoms with Crippen molar-refractivity contribution in [2.75, 3.05) is 6.54 Å². The lowest BCUT2D eigenvalue weighted by atomic mass is 9.95. The predicted molar refractivity (Wildman–Crippen MR) is 101 cm³/mol. The molecule has 1 unspecified atom stereocenters. The number of carbonyl (C=O) groups excluding carboxylic acids is 1. The maximum absolute atomic E-state index is 12.5. The number of carbonyl (C=O) groups is 1. The number of hydrogen-bond donors (Lipinski definition) is 2. The van der Waals surface area contributed by atoms with Crippen LogP contribution in [-0.4, -0.2) is 26.4 Å². The molecule has 1 atom stereocenters. The lowest BCUT2D eigenvalue weighted by Crippen LogP contribution is -2.53. The average Bonchev–Trinajstić information content (AvgIpc) is 3.48. The Kier molecular flexibility index (Phi) is 5.16. The first kappa shape index (κ1) is 18.6. The lowest BCUT2D eigenvalue weighted by Gasteiger charge is -2.29. The molecule has 0 spiro atoms. The standard InChI is InChI=1S/C20H24N2O3S/c1-20(14-21,17-9-10-17)22-19(23)16-7-11-18(12-8-16)26(24,25)13-15-5-3-2-4-6-15/h2-8,11-12,17H,9-10,13-14,21H2,1H3,(H,22,23). The van der Waals surface area contributed by atoms with Gasteiger partial charge >= 0.3 is 0 Å². The van der Waals surface area contributed by atoms with Crippen molar-refractivity contribution in [3.63, 3.8) is 0 Å². The van der Waals surface area contributed by atoms with Crippen molar-refractivity contribution in [1.29, 1.82) is 0 Å². The molecule has 6 heteroatoms. The van der Waals surface area contributed by atoms with Crippen molar-refractivity contribution in [2.24, 2.45) is 11.7 Å². The molecule has 1 saturated carbocycles. The molecule has 1 aliphatic carbocycles. The molecule has 2 aromatic carbocycles. The summed E-state index contributed by atoms with van der Waals surface area (Å²) in [6.45, 7) is 2.34. The van der Waals surface area contributed by atoms with Gasteiger partial charge in [-0.1, -0.05) is 30.3 Å². The zero-order chi connectivity index (χ0) is 18.8. The number of amides is 1. The first-order chi connectivity index (χ1) is 12.3. The van der Waals surface area contributed by atoms with Crippen molar-refractivity contribution >= 4 is 15.7 Å². The second kappa shape index (κ2) is 7.21. The van der Waals surface area contributed by atoms with Crippen LogP contribution in [0.25, 0.3) is 0 Å². The molecule has 0 heterocycles. The van der Waals surface area contributed by atoms with Gasteiger partial charge in [0.1, 0.15) is 0 Å². The Hall–Kier alpha value is -2.18. The van der Waals surface area contributed by atoms with Gasteiger partial charge in [-0.05, 0) is 55.5 Å². The molecule has 0 bridgehead atoms. The Morgan fingerprint density at radius 1 is 1.12 bits per heavy atom. The molecule has 138 valence electrons. The molecule has 26 heavy (non-hydrogen) atoms. The van der Waals surface area contributed by atoms with E-state index in [0.29, 0.717) is 18.0 Å². The van der Waals surface area contributed by atoms with E-state index in [1.165, 1.54) is 12.1 Å². The van der Waals surface area contributed by atoms with Crippen LogP contribution >= 0.6 is 0 Å². The van der Waals surface area contributed by atoms with Crippen LogP contribution in [-0.2, 0) is 15.6 Å². The van der Waals surface area contributed by atoms with E-state index >= 15 is 0 Å². The number of rotatable bonds is 7. The number of nitrogens with two attached hydrogens (primary N) is 1. The summed E-state index contributed by atoms with van der Waals surface area (Å²) in [4.78, 5) is 12.7. The van der Waals surface area contributed by atoms with Gasteiger partial charge in [0.2, 0.25) is 0 Å². The summed E-state index contributed by atoms with van der Waals surface area (Å²) in [6.07, 6.45) is 2.15. The van der Waals surface area contributed by atoms with Crippen LogP contribution in [0.2, 0.25) is 0 Å². The van der Waals surface area contributed by atoms with Gasteiger partial charge in [-0.2, -0.15) is 0 Å². The van der Waals surface area contributed by atoms with Gasteiger partial charge in [0.15, 0.2) is 9.84 Å². The van der Waals surface area contributed by atoms with Crippen LogP contribution in [0.3, 0.4) is 0 Å². The molecule has 0 saturated heterocycles. The number of sulfone groups is 1. The van der Waals surface area contributed by atoms with Crippen LogP contribution < -0.4 is 11.1 Å². The SMILES string of the molecule is CC(CN)(NC(=O)c1ccc(S(=O)(=O)Cc2ccccc2)cc1)C1CC1. The van der Waals surface area contributed by atoms with Crippen molar-refractivity contribution in [2.45, 2.75) is 36.0 Å². The maximum atomic E-state index is 12.5. The summed E-state index contributed by atoms with van der Waals surface area (Å²) in [6, 6.07) is 15.1. The monoisotopic (exact) mass is 372 g/mol. The number of benzene rings is 2. The second-order valence-electron chi connectivity index (χ2n) is 7.12. The quantitative estimate of drug-likeness (QED) is 0.781. The molecule has 2 aromatic rings. The van der Waals surface area contributed by atoms with E-state index in [2.05, 4.69) is 5.32 Å². The Balaban J connectivity index is 1.72. The summed E-state index contributed by atoms with van der Waals surface area (Å²) >= 11 is 0. The molecule has 5 nitrogen and oxygen atoms in total. The van der Waals surface area contributed by atoms with Crippen LogP contribution in [0.5, 0.6) is 0 Å². The fourth-order valence-electron chi connectivity index (χ4n) is 3.06. The Bertz CT molecular complexity index is 875. The summed E-state index contributed by atoms with van der Waals surface area (Å²) in [5.74, 6) is 0.130. The average molecular weight is 372 g/mol. The summed E-state index contributed by atoms with van der Waals surface area (Å²) in [7, 11) is -3.45. The minimum atomic E-state index is -3.45. The van der Waals surface area contributed by atoms with Gasteiger partial charge in [0, 0.05) is 12.1 Å². The predicted octanol–water partition coefficient (Wildman–Crippen LogP) is 2.52. The van der Waals surface area contributed by atoms with Gasteiger partial charge < -0.3 is 11.1 Å². The second-order valence-corrected chi connectivity index (χ2v) is 9.11. The van der Waals surface area contributed by atoms with Gasteiger partial charge in [-0.25, -0.2) is 8.42 Å². The van der Waals surface area contributed by atoms with E-state index in [9.17, 15) is 13.2 Å². The molecule has 0 radical (unpaired) electrons.